The minimum atomic E-state index is -3.08. The lowest BCUT2D eigenvalue weighted by molar-refractivity contribution is 0.388. The van der Waals surface area contributed by atoms with Gasteiger partial charge in [0.25, 0.3) is 0 Å². The summed E-state index contributed by atoms with van der Waals surface area (Å²) < 4.78 is 25.3. The van der Waals surface area contributed by atoms with Crippen molar-refractivity contribution in [2.45, 2.75) is 0 Å². The molecule has 0 bridgehead atoms. The molecule has 0 amide bonds. The summed E-state index contributed by atoms with van der Waals surface area (Å²) in [5.41, 5.74) is 7.64. The van der Waals surface area contributed by atoms with Crippen LogP contribution in [-0.4, -0.2) is 45.2 Å². The first-order chi connectivity index (χ1) is 8.38. The van der Waals surface area contributed by atoms with Gasteiger partial charge >= 0.3 is 0 Å². The third-order valence-corrected chi connectivity index (χ3v) is 4.83. The van der Waals surface area contributed by atoms with E-state index in [4.69, 9.17) is 5.73 Å². The molecule has 1 aliphatic heterocycles. The second-order valence-corrected chi connectivity index (χ2v) is 7.25. The van der Waals surface area contributed by atoms with Crippen LogP contribution >= 0.6 is 15.9 Å². The van der Waals surface area contributed by atoms with Gasteiger partial charge in [0.1, 0.15) is 0 Å². The van der Waals surface area contributed by atoms with Crippen molar-refractivity contribution < 1.29 is 8.42 Å². The van der Waals surface area contributed by atoms with Crippen LogP contribution < -0.4 is 10.6 Å². The molecule has 1 fully saturated rings. The summed E-state index contributed by atoms with van der Waals surface area (Å²) >= 11 is 3.37. The zero-order valence-electron chi connectivity index (χ0n) is 10.1. The SMILES string of the molecule is CS(=O)(=O)N1CCN(c2ccc(Br)cc2N)CC1. The van der Waals surface area contributed by atoms with Crippen molar-refractivity contribution in [1.82, 2.24) is 4.31 Å². The van der Waals surface area contributed by atoms with Crippen LogP contribution in [0.2, 0.25) is 0 Å². The fourth-order valence-corrected chi connectivity index (χ4v) is 3.28. The molecule has 1 saturated heterocycles. The topological polar surface area (TPSA) is 66.6 Å². The minimum absolute atomic E-state index is 0.508. The van der Waals surface area contributed by atoms with Crippen LogP contribution in [0.4, 0.5) is 11.4 Å². The molecule has 0 radical (unpaired) electrons. The predicted octanol–water partition coefficient (Wildman–Crippen LogP) is 1.11. The standard InChI is InChI=1S/C11H16BrN3O2S/c1-18(16,17)15-6-4-14(5-7-15)11-3-2-9(12)8-10(11)13/h2-3,8H,4-7,13H2,1H3. The van der Waals surface area contributed by atoms with Crippen LogP contribution in [0.1, 0.15) is 0 Å². The predicted molar refractivity (Wildman–Crippen MR) is 77.2 cm³/mol. The van der Waals surface area contributed by atoms with Gasteiger partial charge in [-0.1, -0.05) is 15.9 Å². The fourth-order valence-electron chi connectivity index (χ4n) is 2.07. The normalized spacial score (nSPS) is 18.0. The molecule has 0 atom stereocenters. The maximum atomic E-state index is 11.4. The molecule has 2 N–H and O–H groups in total. The number of nitrogens with zero attached hydrogens (tertiary/aromatic N) is 2. The monoisotopic (exact) mass is 333 g/mol. The van der Waals surface area contributed by atoms with Crippen molar-refractivity contribution in [2.75, 3.05) is 43.1 Å². The number of sulfonamides is 1. The van der Waals surface area contributed by atoms with Crippen molar-refractivity contribution in [3.8, 4) is 0 Å². The molecule has 0 aliphatic carbocycles. The van der Waals surface area contributed by atoms with Gasteiger partial charge in [-0.3, -0.25) is 0 Å². The number of benzene rings is 1. The van der Waals surface area contributed by atoms with Gasteiger partial charge in [0.2, 0.25) is 10.0 Å². The summed E-state index contributed by atoms with van der Waals surface area (Å²) in [7, 11) is -3.08. The van der Waals surface area contributed by atoms with Gasteiger partial charge < -0.3 is 10.6 Å². The third kappa shape index (κ3) is 2.96. The fraction of sp³-hybridized carbons (Fsp3) is 0.455. The van der Waals surface area contributed by atoms with Gasteiger partial charge in [-0.15, -0.1) is 0 Å². The van der Waals surface area contributed by atoms with Crippen molar-refractivity contribution in [3.05, 3.63) is 22.7 Å². The Morgan fingerprint density at radius 1 is 1.22 bits per heavy atom. The first kappa shape index (κ1) is 13.6. The molecular weight excluding hydrogens is 318 g/mol. The van der Waals surface area contributed by atoms with Crippen molar-refractivity contribution >= 4 is 37.3 Å². The quantitative estimate of drug-likeness (QED) is 0.823. The Morgan fingerprint density at radius 3 is 2.33 bits per heavy atom. The molecule has 2 rings (SSSR count). The third-order valence-electron chi connectivity index (χ3n) is 3.04. The van der Waals surface area contributed by atoms with Crippen molar-refractivity contribution in [1.29, 1.82) is 0 Å². The lowest BCUT2D eigenvalue weighted by Gasteiger charge is -2.35. The maximum absolute atomic E-state index is 11.4. The van der Waals surface area contributed by atoms with Gasteiger partial charge in [-0.25, -0.2) is 8.42 Å². The van der Waals surface area contributed by atoms with Crippen molar-refractivity contribution in [3.63, 3.8) is 0 Å². The number of anilines is 2. The summed E-state index contributed by atoms with van der Waals surface area (Å²) in [6, 6.07) is 5.75. The van der Waals surface area contributed by atoms with E-state index in [1.165, 1.54) is 10.6 Å². The van der Waals surface area contributed by atoms with Gasteiger partial charge in [-0.05, 0) is 18.2 Å². The van der Waals surface area contributed by atoms with Crippen LogP contribution in [0.15, 0.2) is 22.7 Å². The highest BCUT2D eigenvalue weighted by atomic mass is 79.9. The van der Waals surface area contributed by atoms with Crippen LogP contribution in [-0.2, 0) is 10.0 Å². The lowest BCUT2D eigenvalue weighted by Crippen LogP contribution is -2.48. The molecule has 0 aromatic heterocycles. The second-order valence-electron chi connectivity index (χ2n) is 4.35. The summed E-state index contributed by atoms with van der Waals surface area (Å²) in [6.07, 6.45) is 1.25. The average Bonchev–Trinajstić information content (AvgIpc) is 2.28. The van der Waals surface area contributed by atoms with E-state index in [2.05, 4.69) is 20.8 Å². The van der Waals surface area contributed by atoms with E-state index in [-0.39, 0.29) is 0 Å². The molecule has 1 aromatic rings. The second kappa shape index (κ2) is 5.07. The van der Waals surface area contributed by atoms with Crippen LogP contribution in [0.25, 0.3) is 0 Å². The van der Waals surface area contributed by atoms with Gasteiger partial charge in [0.05, 0.1) is 17.6 Å². The number of piperazine rings is 1. The van der Waals surface area contributed by atoms with E-state index < -0.39 is 10.0 Å². The Labute approximate surface area is 116 Å². The zero-order chi connectivity index (χ0) is 13.3. The molecule has 7 heteroatoms. The Kier molecular flexibility index (Phi) is 3.84. The van der Waals surface area contributed by atoms with E-state index in [1.54, 1.807) is 0 Å². The molecule has 0 spiro atoms. The smallest absolute Gasteiger partial charge is 0.211 e. The zero-order valence-corrected chi connectivity index (χ0v) is 12.5. The number of nitrogens with two attached hydrogens (primary N) is 1. The summed E-state index contributed by atoms with van der Waals surface area (Å²) in [5, 5.41) is 0. The van der Waals surface area contributed by atoms with E-state index in [1.807, 2.05) is 18.2 Å². The highest BCUT2D eigenvalue weighted by molar-refractivity contribution is 9.10. The van der Waals surface area contributed by atoms with Gasteiger partial charge in [-0.2, -0.15) is 4.31 Å². The molecule has 18 heavy (non-hydrogen) atoms. The van der Waals surface area contributed by atoms with E-state index in [9.17, 15) is 8.42 Å². The van der Waals surface area contributed by atoms with E-state index >= 15 is 0 Å². The minimum Gasteiger partial charge on any atom is -0.397 e. The van der Waals surface area contributed by atoms with E-state index in [0.717, 1.165) is 10.2 Å². The van der Waals surface area contributed by atoms with Crippen LogP contribution in [0, 0.1) is 0 Å². The van der Waals surface area contributed by atoms with Gasteiger partial charge in [0.15, 0.2) is 0 Å². The molecular formula is C11H16BrN3O2S. The first-order valence-electron chi connectivity index (χ1n) is 5.63. The highest BCUT2D eigenvalue weighted by Crippen LogP contribution is 2.27. The maximum Gasteiger partial charge on any atom is 0.211 e. The number of nitrogen functional groups attached to an aromatic ring is 1. The summed E-state index contributed by atoms with van der Waals surface area (Å²) in [5.74, 6) is 0. The Hall–Kier alpha value is -0.790. The Bertz CT molecular complexity index is 539. The molecule has 0 saturated carbocycles. The van der Waals surface area contributed by atoms with E-state index in [0.29, 0.717) is 31.9 Å². The average molecular weight is 334 g/mol. The van der Waals surface area contributed by atoms with Crippen molar-refractivity contribution in [2.24, 2.45) is 0 Å². The number of hydrogen-bond acceptors (Lipinski definition) is 4. The lowest BCUT2D eigenvalue weighted by atomic mass is 10.2. The summed E-state index contributed by atoms with van der Waals surface area (Å²) in [6.45, 7) is 2.35. The molecule has 1 aliphatic rings. The highest BCUT2D eigenvalue weighted by Gasteiger charge is 2.24. The molecule has 1 aromatic carbocycles. The molecule has 5 nitrogen and oxygen atoms in total. The van der Waals surface area contributed by atoms with Crippen LogP contribution in [0.3, 0.4) is 0 Å². The Morgan fingerprint density at radius 2 is 1.83 bits per heavy atom. The molecule has 100 valence electrons. The number of halogens is 1. The largest absolute Gasteiger partial charge is 0.397 e. The number of hydrogen-bond donors (Lipinski definition) is 1. The molecule has 1 heterocycles. The van der Waals surface area contributed by atoms with Gasteiger partial charge in [0, 0.05) is 30.7 Å². The van der Waals surface area contributed by atoms with Crippen LogP contribution in [0.5, 0.6) is 0 Å². The molecule has 0 unspecified atom stereocenters. The number of rotatable bonds is 2. The summed E-state index contributed by atoms with van der Waals surface area (Å²) in [4.78, 5) is 2.11. The first-order valence-corrected chi connectivity index (χ1v) is 8.27. The Balaban J connectivity index is 2.10.